The molecule has 1 atom stereocenters. The number of morpholine rings is 1. The molecular formula is C14H17N3O3. The molecular weight excluding hydrogens is 258 g/mol. The fourth-order valence-corrected chi connectivity index (χ4v) is 2.45. The van der Waals surface area contributed by atoms with E-state index in [0.717, 1.165) is 11.0 Å². The predicted molar refractivity (Wildman–Crippen MR) is 73.6 cm³/mol. The van der Waals surface area contributed by atoms with Crippen LogP contribution >= 0.6 is 0 Å². The van der Waals surface area contributed by atoms with E-state index in [1.54, 1.807) is 18.1 Å². The van der Waals surface area contributed by atoms with Crippen molar-refractivity contribution in [3.05, 3.63) is 30.1 Å². The number of H-pyrrole nitrogens is 1. The molecule has 6 nitrogen and oxygen atoms in total. The van der Waals surface area contributed by atoms with Crippen LogP contribution in [0.4, 0.5) is 0 Å². The summed E-state index contributed by atoms with van der Waals surface area (Å²) in [5, 5.41) is 0. The molecule has 0 radical (unpaired) electrons. The lowest BCUT2D eigenvalue weighted by Crippen LogP contribution is -2.50. The molecule has 3 heterocycles. The third kappa shape index (κ3) is 2.39. The Morgan fingerprint density at radius 2 is 2.45 bits per heavy atom. The third-order valence-corrected chi connectivity index (χ3v) is 3.47. The summed E-state index contributed by atoms with van der Waals surface area (Å²) >= 11 is 0. The van der Waals surface area contributed by atoms with Crippen LogP contribution in [0.15, 0.2) is 24.4 Å². The highest BCUT2D eigenvalue weighted by molar-refractivity contribution is 5.94. The highest BCUT2D eigenvalue weighted by Crippen LogP contribution is 2.15. The maximum Gasteiger partial charge on any atom is 0.272 e. The van der Waals surface area contributed by atoms with E-state index >= 15 is 0 Å². The average Bonchev–Trinajstić information content (AvgIpc) is 2.95. The van der Waals surface area contributed by atoms with Gasteiger partial charge in [-0.3, -0.25) is 4.79 Å². The first-order chi connectivity index (χ1) is 9.79. The van der Waals surface area contributed by atoms with E-state index in [4.69, 9.17) is 9.47 Å². The van der Waals surface area contributed by atoms with Gasteiger partial charge in [0.05, 0.1) is 36.9 Å². The number of aromatic amines is 1. The van der Waals surface area contributed by atoms with Crippen LogP contribution in [0.25, 0.3) is 11.0 Å². The van der Waals surface area contributed by atoms with Crippen molar-refractivity contribution in [2.24, 2.45) is 0 Å². The number of hydrogen-bond donors (Lipinski definition) is 1. The summed E-state index contributed by atoms with van der Waals surface area (Å²) in [7, 11) is 1.63. The van der Waals surface area contributed by atoms with Gasteiger partial charge in [0, 0.05) is 19.9 Å². The highest BCUT2D eigenvalue weighted by Gasteiger charge is 2.28. The number of aromatic nitrogens is 2. The second-order valence-electron chi connectivity index (χ2n) is 4.79. The Labute approximate surface area is 116 Å². The van der Waals surface area contributed by atoms with Gasteiger partial charge in [-0.1, -0.05) is 0 Å². The predicted octanol–water partition coefficient (Wildman–Crippen LogP) is 1.05. The molecule has 2 aromatic heterocycles. The molecule has 106 valence electrons. The smallest absolute Gasteiger partial charge is 0.272 e. The number of methoxy groups -OCH3 is 1. The van der Waals surface area contributed by atoms with Crippen LogP contribution in [0, 0.1) is 0 Å². The first-order valence-corrected chi connectivity index (χ1v) is 6.61. The van der Waals surface area contributed by atoms with Crippen LogP contribution < -0.4 is 0 Å². The maximum absolute atomic E-state index is 12.6. The molecule has 3 rings (SSSR count). The van der Waals surface area contributed by atoms with E-state index in [0.29, 0.717) is 32.1 Å². The minimum Gasteiger partial charge on any atom is -0.382 e. The zero-order valence-electron chi connectivity index (χ0n) is 11.3. The number of nitrogens with zero attached hydrogens (tertiary/aromatic N) is 2. The largest absolute Gasteiger partial charge is 0.382 e. The molecule has 0 aliphatic carbocycles. The normalized spacial score (nSPS) is 19.4. The zero-order valence-corrected chi connectivity index (χ0v) is 11.3. The topological polar surface area (TPSA) is 67.5 Å². The van der Waals surface area contributed by atoms with E-state index < -0.39 is 0 Å². The van der Waals surface area contributed by atoms with Gasteiger partial charge in [0.25, 0.3) is 5.91 Å². The third-order valence-electron chi connectivity index (χ3n) is 3.47. The summed E-state index contributed by atoms with van der Waals surface area (Å²) in [6.45, 7) is 2.10. The number of hydrogen-bond acceptors (Lipinski definition) is 4. The van der Waals surface area contributed by atoms with Crippen LogP contribution in [-0.4, -0.2) is 60.3 Å². The number of amides is 1. The standard InChI is InChI=1S/C14H17N3O3/c1-19-8-10-9-20-7-6-17(10)14(18)13-3-2-11-12(16-13)4-5-15-11/h2-5,10,15H,6-9H2,1H3. The highest BCUT2D eigenvalue weighted by atomic mass is 16.5. The molecule has 1 fully saturated rings. The van der Waals surface area contributed by atoms with Crippen molar-refractivity contribution in [1.82, 2.24) is 14.9 Å². The van der Waals surface area contributed by atoms with Crippen molar-refractivity contribution >= 4 is 16.9 Å². The zero-order chi connectivity index (χ0) is 13.9. The van der Waals surface area contributed by atoms with Crippen molar-refractivity contribution in [2.75, 3.05) is 33.5 Å². The number of pyridine rings is 1. The molecule has 1 aliphatic heterocycles. The van der Waals surface area contributed by atoms with Crippen LogP contribution in [0.2, 0.25) is 0 Å². The van der Waals surface area contributed by atoms with Gasteiger partial charge in [-0.05, 0) is 18.2 Å². The molecule has 0 saturated carbocycles. The van der Waals surface area contributed by atoms with Crippen LogP contribution in [0.1, 0.15) is 10.5 Å². The Kier molecular flexibility index (Phi) is 3.66. The van der Waals surface area contributed by atoms with Gasteiger partial charge < -0.3 is 19.4 Å². The monoisotopic (exact) mass is 275 g/mol. The van der Waals surface area contributed by atoms with Crippen LogP contribution in [0.5, 0.6) is 0 Å². The van der Waals surface area contributed by atoms with E-state index in [9.17, 15) is 4.79 Å². The molecule has 1 unspecified atom stereocenters. The molecule has 0 bridgehead atoms. The van der Waals surface area contributed by atoms with E-state index in [1.165, 1.54) is 0 Å². The number of nitrogens with one attached hydrogen (secondary N) is 1. The Balaban J connectivity index is 1.85. The van der Waals surface area contributed by atoms with Gasteiger partial charge in [-0.2, -0.15) is 0 Å². The number of rotatable bonds is 3. The fourth-order valence-electron chi connectivity index (χ4n) is 2.45. The number of carbonyl (C=O) groups is 1. The maximum atomic E-state index is 12.6. The second-order valence-corrected chi connectivity index (χ2v) is 4.79. The molecule has 0 aromatic carbocycles. The summed E-state index contributed by atoms with van der Waals surface area (Å²) in [5.41, 5.74) is 2.18. The quantitative estimate of drug-likeness (QED) is 0.909. The van der Waals surface area contributed by atoms with Crippen molar-refractivity contribution < 1.29 is 14.3 Å². The number of fused-ring (bicyclic) bond motifs is 1. The lowest BCUT2D eigenvalue weighted by atomic mass is 10.2. The fraction of sp³-hybridized carbons (Fsp3) is 0.429. The van der Waals surface area contributed by atoms with Gasteiger partial charge in [0.2, 0.25) is 0 Å². The number of carbonyl (C=O) groups excluding carboxylic acids is 1. The molecule has 1 amide bonds. The Morgan fingerprint density at radius 3 is 3.30 bits per heavy atom. The summed E-state index contributed by atoms with van der Waals surface area (Å²) in [6.07, 6.45) is 1.81. The summed E-state index contributed by atoms with van der Waals surface area (Å²) in [5.74, 6) is -0.0709. The van der Waals surface area contributed by atoms with Gasteiger partial charge in [0.15, 0.2) is 0 Å². The van der Waals surface area contributed by atoms with Crippen LogP contribution in [-0.2, 0) is 9.47 Å². The van der Waals surface area contributed by atoms with Gasteiger partial charge in [-0.25, -0.2) is 4.98 Å². The molecule has 1 saturated heterocycles. The lowest BCUT2D eigenvalue weighted by molar-refractivity contribution is -0.0254. The van der Waals surface area contributed by atoms with Gasteiger partial charge in [-0.15, -0.1) is 0 Å². The van der Waals surface area contributed by atoms with E-state index in [2.05, 4.69) is 9.97 Å². The van der Waals surface area contributed by atoms with Crippen molar-refractivity contribution in [3.63, 3.8) is 0 Å². The van der Waals surface area contributed by atoms with Crippen molar-refractivity contribution in [2.45, 2.75) is 6.04 Å². The Morgan fingerprint density at radius 1 is 1.55 bits per heavy atom. The molecule has 2 aromatic rings. The molecule has 1 aliphatic rings. The molecule has 0 spiro atoms. The summed E-state index contributed by atoms with van der Waals surface area (Å²) in [4.78, 5) is 21.8. The first kappa shape index (κ1) is 13.1. The molecule has 6 heteroatoms. The molecule has 1 N–H and O–H groups in total. The second kappa shape index (κ2) is 5.60. The first-order valence-electron chi connectivity index (χ1n) is 6.61. The SMILES string of the molecule is COCC1COCCN1C(=O)c1ccc2[nH]ccc2n1. The average molecular weight is 275 g/mol. The molecule has 20 heavy (non-hydrogen) atoms. The number of ether oxygens (including phenoxy) is 2. The minimum absolute atomic E-state index is 0.0510. The van der Waals surface area contributed by atoms with Gasteiger partial charge in [0.1, 0.15) is 5.69 Å². The summed E-state index contributed by atoms with van der Waals surface area (Å²) in [6, 6.07) is 5.44. The summed E-state index contributed by atoms with van der Waals surface area (Å²) < 4.78 is 10.6. The van der Waals surface area contributed by atoms with E-state index in [-0.39, 0.29) is 11.9 Å². The van der Waals surface area contributed by atoms with Crippen LogP contribution in [0.3, 0.4) is 0 Å². The minimum atomic E-state index is -0.0709. The Bertz CT molecular complexity index is 608. The van der Waals surface area contributed by atoms with Gasteiger partial charge >= 0.3 is 0 Å². The van der Waals surface area contributed by atoms with Crippen molar-refractivity contribution in [3.8, 4) is 0 Å². The lowest BCUT2D eigenvalue weighted by Gasteiger charge is -2.34. The van der Waals surface area contributed by atoms with Crippen molar-refractivity contribution in [1.29, 1.82) is 0 Å². The van der Waals surface area contributed by atoms with E-state index in [1.807, 2.05) is 18.3 Å². The Hall–Kier alpha value is -1.92.